The number of hydrogen-bond donors (Lipinski definition) is 0. The lowest BCUT2D eigenvalue weighted by Crippen LogP contribution is -2.21. The summed E-state index contributed by atoms with van der Waals surface area (Å²) in [6.45, 7) is 5.81. The van der Waals surface area contributed by atoms with Gasteiger partial charge in [-0.3, -0.25) is 0 Å². The first kappa shape index (κ1) is 17.6. The highest BCUT2D eigenvalue weighted by molar-refractivity contribution is 5.76. The Balaban J connectivity index is 3.79. The molecule has 0 bridgehead atoms. The van der Waals surface area contributed by atoms with Crippen LogP contribution in [0.15, 0.2) is 17.6 Å². The molecule has 0 N–H and O–H groups in total. The minimum Gasteiger partial charge on any atom is -0.460 e. The van der Waals surface area contributed by atoms with E-state index in [9.17, 15) is 9.59 Å². The van der Waals surface area contributed by atoms with Gasteiger partial charge >= 0.3 is 5.97 Å². The summed E-state index contributed by atoms with van der Waals surface area (Å²) < 4.78 is 4.89. The van der Waals surface area contributed by atoms with Gasteiger partial charge in [0.15, 0.2) is 6.04 Å². The number of carbonyl (C=O) groups excluding carboxylic acids is 2. The fraction of sp³-hybridized carbons (Fsp3) is 0.733. The van der Waals surface area contributed by atoms with Crippen LogP contribution in [0.2, 0.25) is 0 Å². The summed E-state index contributed by atoms with van der Waals surface area (Å²) in [5, 5.41) is 0. The summed E-state index contributed by atoms with van der Waals surface area (Å²) in [5.74, 6) is -0.464. The van der Waals surface area contributed by atoms with Crippen molar-refractivity contribution in [3.63, 3.8) is 0 Å². The zero-order valence-corrected chi connectivity index (χ0v) is 11.9. The van der Waals surface area contributed by atoms with Crippen molar-refractivity contribution in [1.82, 2.24) is 0 Å². The summed E-state index contributed by atoms with van der Waals surface area (Å²) >= 11 is 0. The summed E-state index contributed by atoms with van der Waals surface area (Å²) in [6, 6.07) is -0.701. The van der Waals surface area contributed by atoms with Crippen LogP contribution in [0.5, 0.6) is 0 Å². The molecule has 0 spiro atoms. The third-order valence-corrected chi connectivity index (χ3v) is 2.91. The Kier molecular flexibility index (Phi) is 12.1. The molecule has 1 atom stereocenters. The van der Waals surface area contributed by atoms with Crippen molar-refractivity contribution < 1.29 is 14.3 Å². The monoisotopic (exact) mass is 267 g/mol. The number of rotatable bonds is 12. The molecule has 0 saturated carbocycles. The Morgan fingerprint density at radius 1 is 1.26 bits per heavy atom. The van der Waals surface area contributed by atoms with Crippen LogP contribution < -0.4 is 0 Å². The molecule has 0 aromatic carbocycles. The van der Waals surface area contributed by atoms with Gasteiger partial charge in [0.25, 0.3) is 0 Å². The topological polar surface area (TPSA) is 55.7 Å². The normalized spacial score (nSPS) is 11.4. The Hall–Kier alpha value is -1.41. The zero-order valence-electron chi connectivity index (χ0n) is 11.9. The van der Waals surface area contributed by atoms with Crippen LogP contribution in [0.4, 0.5) is 0 Å². The first-order valence-corrected chi connectivity index (χ1v) is 7.10. The van der Waals surface area contributed by atoms with Crippen molar-refractivity contribution in [2.24, 2.45) is 4.99 Å². The van der Waals surface area contributed by atoms with Crippen molar-refractivity contribution in [2.45, 2.75) is 64.3 Å². The molecule has 0 radical (unpaired) electrons. The lowest BCUT2D eigenvalue weighted by atomic mass is 10.1. The zero-order chi connectivity index (χ0) is 14.3. The van der Waals surface area contributed by atoms with Crippen molar-refractivity contribution in [1.29, 1.82) is 0 Å². The van der Waals surface area contributed by atoms with E-state index >= 15 is 0 Å². The highest BCUT2D eigenvalue weighted by atomic mass is 16.5. The van der Waals surface area contributed by atoms with Crippen molar-refractivity contribution >= 4 is 12.0 Å². The molecule has 0 heterocycles. The number of carbonyl (C=O) groups is 1. The number of aliphatic imine (C=N–C) groups is 1. The summed E-state index contributed by atoms with van der Waals surface area (Å²) in [6.07, 6.45) is 11.6. The van der Waals surface area contributed by atoms with Gasteiger partial charge < -0.3 is 4.74 Å². The Bertz CT molecular complexity index is 296. The first-order chi connectivity index (χ1) is 9.26. The fourth-order valence-electron chi connectivity index (χ4n) is 1.83. The average molecular weight is 267 g/mol. The molecule has 108 valence electrons. The third-order valence-electron chi connectivity index (χ3n) is 2.91. The highest BCUT2D eigenvalue weighted by Crippen LogP contribution is 2.12. The lowest BCUT2D eigenvalue weighted by molar-refractivity contribution is -0.144. The van der Waals surface area contributed by atoms with Crippen molar-refractivity contribution in [2.75, 3.05) is 6.61 Å². The summed E-state index contributed by atoms with van der Waals surface area (Å²) in [7, 11) is 0. The van der Waals surface area contributed by atoms with Gasteiger partial charge in [-0.15, -0.1) is 0 Å². The maximum absolute atomic E-state index is 11.6. The molecule has 0 aliphatic heterocycles. The molecule has 1 unspecified atom stereocenters. The second-order valence-electron chi connectivity index (χ2n) is 4.56. The molecule has 4 nitrogen and oxygen atoms in total. The summed E-state index contributed by atoms with van der Waals surface area (Å²) in [5.41, 5.74) is 0. The number of nitrogens with zero attached hydrogens (tertiary/aromatic N) is 1. The Labute approximate surface area is 115 Å². The molecule has 0 aliphatic rings. The van der Waals surface area contributed by atoms with Gasteiger partial charge in [-0.05, 0) is 6.42 Å². The van der Waals surface area contributed by atoms with Crippen LogP contribution in [-0.4, -0.2) is 24.7 Å². The molecule has 0 rings (SSSR count). The van der Waals surface area contributed by atoms with Gasteiger partial charge in [0, 0.05) is 0 Å². The molecule has 0 aromatic rings. The molecular weight excluding hydrogens is 242 g/mol. The van der Waals surface area contributed by atoms with Gasteiger partial charge in [0.05, 0.1) is 0 Å². The van der Waals surface area contributed by atoms with Crippen LogP contribution in [0.25, 0.3) is 0 Å². The predicted molar refractivity (Wildman–Crippen MR) is 75.7 cm³/mol. The van der Waals surface area contributed by atoms with Crippen LogP contribution in [-0.2, 0) is 14.3 Å². The second kappa shape index (κ2) is 13.0. The lowest BCUT2D eigenvalue weighted by Gasteiger charge is -2.09. The van der Waals surface area contributed by atoms with E-state index in [2.05, 4.69) is 18.5 Å². The standard InChI is InChI=1S/C15H25NO3/c1-3-5-6-7-8-9-10-11-14(16-13-17)15(18)19-12-4-2/h4,14H,2-3,5-12H2,1H3. The maximum Gasteiger partial charge on any atom is 0.332 e. The van der Waals surface area contributed by atoms with Crippen LogP contribution in [0, 0.1) is 0 Å². The average Bonchev–Trinajstić information content (AvgIpc) is 2.42. The first-order valence-electron chi connectivity index (χ1n) is 7.10. The molecule has 0 aliphatic carbocycles. The quantitative estimate of drug-likeness (QED) is 0.179. The Morgan fingerprint density at radius 2 is 1.89 bits per heavy atom. The van der Waals surface area contributed by atoms with Gasteiger partial charge in [-0.2, -0.15) is 4.99 Å². The molecular formula is C15H25NO3. The number of hydrogen-bond acceptors (Lipinski definition) is 4. The van der Waals surface area contributed by atoms with E-state index in [1.54, 1.807) is 0 Å². The SMILES string of the molecule is C=CCOC(=O)C(CCCCCCCCC)N=C=O. The molecule has 0 fully saturated rings. The predicted octanol–water partition coefficient (Wildman–Crippen LogP) is 3.56. The van der Waals surface area contributed by atoms with Gasteiger partial charge in [0.1, 0.15) is 6.61 Å². The molecule has 19 heavy (non-hydrogen) atoms. The highest BCUT2D eigenvalue weighted by Gasteiger charge is 2.18. The second-order valence-corrected chi connectivity index (χ2v) is 4.56. The minimum absolute atomic E-state index is 0.154. The number of unbranched alkanes of at least 4 members (excludes halogenated alkanes) is 6. The van der Waals surface area contributed by atoms with Crippen LogP contribution >= 0.6 is 0 Å². The van der Waals surface area contributed by atoms with Crippen molar-refractivity contribution in [3.8, 4) is 0 Å². The third kappa shape index (κ3) is 10.2. The summed E-state index contributed by atoms with van der Waals surface area (Å²) in [4.78, 5) is 25.3. The molecule has 0 amide bonds. The molecule has 0 saturated heterocycles. The fourth-order valence-corrected chi connectivity index (χ4v) is 1.83. The van der Waals surface area contributed by atoms with Crippen LogP contribution in [0.3, 0.4) is 0 Å². The smallest absolute Gasteiger partial charge is 0.332 e. The molecule has 0 aromatic heterocycles. The maximum atomic E-state index is 11.6. The van der Waals surface area contributed by atoms with E-state index in [1.165, 1.54) is 44.3 Å². The van der Waals surface area contributed by atoms with E-state index in [0.717, 1.165) is 12.8 Å². The largest absolute Gasteiger partial charge is 0.460 e. The van der Waals surface area contributed by atoms with Crippen LogP contribution in [0.1, 0.15) is 58.3 Å². The van der Waals surface area contributed by atoms with E-state index in [4.69, 9.17) is 4.74 Å². The van der Waals surface area contributed by atoms with E-state index in [1.807, 2.05) is 0 Å². The molecule has 4 heteroatoms. The van der Waals surface area contributed by atoms with Gasteiger partial charge in [0.2, 0.25) is 6.08 Å². The van der Waals surface area contributed by atoms with Crippen molar-refractivity contribution in [3.05, 3.63) is 12.7 Å². The van der Waals surface area contributed by atoms with Gasteiger partial charge in [-0.1, -0.05) is 64.5 Å². The number of esters is 1. The van der Waals surface area contributed by atoms with E-state index in [0.29, 0.717) is 6.42 Å². The minimum atomic E-state index is -0.701. The van der Waals surface area contributed by atoms with E-state index in [-0.39, 0.29) is 6.61 Å². The number of ether oxygens (including phenoxy) is 1. The van der Waals surface area contributed by atoms with E-state index < -0.39 is 12.0 Å². The van der Waals surface area contributed by atoms with Gasteiger partial charge in [-0.25, -0.2) is 9.59 Å². The number of isocyanates is 1. The Morgan fingerprint density at radius 3 is 2.47 bits per heavy atom.